The number of para-hydroxylation sites is 1. The predicted molar refractivity (Wildman–Crippen MR) is 57.4 cm³/mol. The molecule has 2 rings (SSSR count). The van der Waals surface area contributed by atoms with Crippen LogP contribution in [0.4, 0.5) is 0 Å². The number of hydrogen-bond donors (Lipinski definition) is 2. The number of fused-ring (bicyclic) bond motifs is 1. The highest BCUT2D eigenvalue weighted by molar-refractivity contribution is 5.76. The number of aromatic nitrogens is 1. The number of nitrogens with two attached hydrogens (primary N) is 1. The first-order chi connectivity index (χ1) is 7.09. The third-order valence-electron chi connectivity index (χ3n) is 2.44. The zero-order chi connectivity index (χ0) is 11.0. The molecular weight excluding hydrogens is 192 g/mol. The third kappa shape index (κ3) is 1.73. The minimum atomic E-state index is -0.668. The lowest BCUT2D eigenvalue weighted by atomic mass is 10.2. The van der Waals surface area contributed by atoms with Gasteiger partial charge in [0.15, 0.2) is 5.58 Å². The molecule has 80 valence electrons. The minimum absolute atomic E-state index is 0.384. The standard InChI is InChI=1S/C11H14N2O2/c1-6-4-3-5-8-10(6)13-11(15-8)9(12)7(2)14/h3-5,7,9,14H,12H2,1-2H3. The van der Waals surface area contributed by atoms with Gasteiger partial charge in [-0.2, -0.15) is 0 Å². The number of benzene rings is 1. The van der Waals surface area contributed by atoms with E-state index in [9.17, 15) is 5.11 Å². The molecule has 15 heavy (non-hydrogen) atoms. The van der Waals surface area contributed by atoms with E-state index in [1.54, 1.807) is 6.92 Å². The second-order valence-corrected chi connectivity index (χ2v) is 3.74. The summed E-state index contributed by atoms with van der Waals surface area (Å²) in [5.74, 6) is 0.384. The van der Waals surface area contributed by atoms with Crippen LogP contribution in [0, 0.1) is 6.92 Å². The molecule has 1 aromatic heterocycles. The second-order valence-electron chi connectivity index (χ2n) is 3.74. The van der Waals surface area contributed by atoms with Gasteiger partial charge in [-0.15, -0.1) is 0 Å². The quantitative estimate of drug-likeness (QED) is 0.781. The van der Waals surface area contributed by atoms with Gasteiger partial charge in [0.2, 0.25) is 5.89 Å². The van der Waals surface area contributed by atoms with Gasteiger partial charge in [0.1, 0.15) is 11.6 Å². The zero-order valence-electron chi connectivity index (χ0n) is 8.77. The molecule has 1 aromatic carbocycles. The third-order valence-corrected chi connectivity index (χ3v) is 2.44. The van der Waals surface area contributed by atoms with Crippen LogP contribution in [-0.2, 0) is 0 Å². The van der Waals surface area contributed by atoms with Crippen molar-refractivity contribution in [2.24, 2.45) is 5.73 Å². The van der Waals surface area contributed by atoms with Crippen molar-refractivity contribution < 1.29 is 9.52 Å². The molecule has 3 N–H and O–H groups in total. The van der Waals surface area contributed by atoms with E-state index in [1.807, 2.05) is 25.1 Å². The number of aliphatic hydroxyl groups is 1. The van der Waals surface area contributed by atoms with Crippen molar-refractivity contribution in [3.63, 3.8) is 0 Å². The molecule has 0 bridgehead atoms. The van der Waals surface area contributed by atoms with Crippen LogP contribution in [0.1, 0.15) is 24.4 Å². The summed E-state index contributed by atoms with van der Waals surface area (Å²) >= 11 is 0. The van der Waals surface area contributed by atoms with Gasteiger partial charge in [-0.1, -0.05) is 12.1 Å². The topological polar surface area (TPSA) is 72.3 Å². The van der Waals surface area contributed by atoms with E-state index < -0.39 is 12.1 Å². The summed E-state index contributed by atoms with van der Waals surface area (Å²) in [6, 6.07) is 5.13. The Kier molecular flexibility index (Phi) is 2.46. The van der Waals surface area contributed by atoms with Gasteiger partial charge in [-0.05, 0) is 25.5 Å². The molecule has 0 aliphatic heterocycles. The maximum absolute atomic E-state index is 9.34. The Bertz CT molecular complexity index is 476. The van der Waals surface area contributed by atoms with Crippen LogP contribution in [0.25, 0.3) is 11.1 Å². The van der Waals surface area contributed by atoms with E-state index in [4.69, 9.17) is 10.2 Å². The highest BCUT2D eigenvalue weighted by Gasteiger charge is 2.18. The molecule has 0 amide bonds. The average Bonchev–Trinajstić information content (AvgIpc) is 2.61. The molecule has 0 fully saturated rings. The van der Waals surface area contributed by atoms with Gasteiger partial charge in [-0.25, -0.2) is 4.98 Å². The van der Waals surface area contributed by atoms with Crippen molar-refractivity contribution in [1.29, 1.82) is 0 Å². The van der Waals surface area contributed by atoms with Crippen molar-refractivity contribution >= 4 is 11.1 Å². The molecule has 1 heterocycles. The Labute approximate surface area is 87.7 Å². The van der Waals surface area contributed by atoms with Crippen LogP contribution >= 0.6 is 0 Å². The van der Waals surface area contributed by atoms with Crippen molar-refractivity contribution in [2.45, 2.75) is 26.0 Å². The average molecular weight is 206 g/mol. The summed E-state index contributed by atoms with van der Waals surface area (Å²) in [6.45, 7) is 3.58. The van der Waals surface area contributed by atoms with Gasteiger partial charge in [0.05, 0.1) is 6.10 Å². The lowest BCUT2D eigenvalue weighted by Crippen LogP contribution is -2.23. The van der Waals surface area contributed by atoms with E-state index in [-0.39, 0.29) is 0 Å². The van der Waals surface area contributed by atoms with Crippen LogP contribution in [0.3, 0.4) is 0 Å². The molecule has 0 spiro atoms. The molecule has 2 aromatic rings. The Balaban J connectivity index is 2.52. The molecular formula is C11H14N2O2. The van der Waals surface area contributed by atoms with Crippen LogP contribution < -0.4 is 5.73 Å². The Morgan fingerprint density at radius 1 is 1.47 bits per heavy atom. The molecule has 0 radical (unpaired) electrons. The minimum Gasteiger partial charge on any atom is -0.439 e. The SMILES string of the molecule is Cc1cccc2oc(C(N)C(C)O)nc12. The summed E-state index contributed by atoms with van der Waals surface area (Å²) in [7, 11) is 0. The number of oxazole rings is 1. The fourth-order valence-corrected chi connectivity index (χ4v) is 1.45. The number of aliphatic hydroxyl groups excluding tert-OH is 1. The summed E-state index contributed by atoms with van der Waals surface area (Å²) in [6.07, 6.45) is -0.668. The van der Waals surface area contributed by atoms with Crippen molar-refractivity contribution in [1.82, 2.24) is 4.98 Å². The van der Waals surface area contributed by atoms with E-state index in [2.05, 4.69) is 4.98 Å². The van der Waals surface area contributed by atoms with E-state index in [1.165, 1.54) is 0 Å². The smallest absolute Gasteiger partial charge is 0.215 e. The van der Waals surface area contributed by atoms with Gasteiger partial charge in [0, 0.05) is 0 Å². The number of hydrogen-bond acceptors (Lipinski definition) is 4. The van der Waals surface area contributed by atoms with E-state index in [0.29, 0.717) is 11.5 Å². The monoisotopic (exact) mass is 206 g/mol. The van der Waals surface area contributed by atoms with Crippen molar-refractivity contribution in [3.05, 3.63) is 29.7 Å². The summed E-state index contributed by atoms with van der Waals surface area (Å²) < 4.78 is 5.48. The second kappa shape index (κ2) is 3.64. The number of rotatable bonds is 2. The van der Waals surface area contributed by atoms with Crippen molar-refractivity contribution in [2.75, 3.05) is 0 Å². The first kappa shape index (κ1) is 10.1. The maximum atomic E-state index is 9.34. The molecule has 0 aliphatic rings. The highest BCUT2D eigenvalue weighted by Crippen LogP contribution is 2.22. The Morgan fingerprint density at radius 3 is 2.80 bits per heavy atom. The molecule has 4 nitrogen and oxygen atoms in total. The number of nitrogens with zero attached hydrogens (tertiary/aromatic N) is 1. The van der Waals surface area contributed by atoms with Gasteiger partial charge in [0.25, 0.3) is 0 Å². The Morgan fingerprint density at radius 2 is 2.20 bits per heavy atom. The fourth-order valence-electron chi connectivity index (χ4n) is 1.45. The molecule has 0 aliphatic carbocycles. The predicted octanol–water partition coefficient (Wildman–Crippen LogP) is 1.52. The van der Waals surface area contributed by atoms with Crippen LogP contribution in [0.5, 0.6) is 0 Å². The molecule has 4 heteroatoms. The van der Waals surface area contributed by atoms with Gasteiger partial charge in [-0.3, -0.25) is 0 Å². The largest absolute Gasteiger partial charge is 0.439 e. The molecule has 0 saturated carbocycles. The summed E-state index contributed by atoms with van der Waals surface area (Å²) in [5, 5.41) is 9.34. The van der Waals surface area contributed by atoms with Gasteiger partial charge < -0.3 is 15.3 Å². The summed E-state index contributed by atoms with van der Waals surface area (Å²) in [4.78, 5) is 4.28. The van der Waals surface area contributed by atoms with Crippen LogP contribution in [-0.4, -0.2) is 16.2 Å². The van der Waals surface area contributed by atoms with Gasteiger partial charge >= 0.3 is 0 Å². The first-order valence-corrected chi connectivity index (χ1v) is 4.89. The van der Waals surface area contributed by atoms with Crippen LogP contribution in [0.15, 0.2) is 22.6 Å². The molecule has 2 unspecified atom stereocenters. The van der Waals surface area contributed by atoms with Crippen LogP contribution in [0.2, 0.25) is 0 Å². The molecule has 0 saturated heterocycles. The van der Waals surface area contributed by atoms with Crippen molar-refractivity contribution in [3.8, 4) is 0 Å². The normalized spacial score (nSPS) is 15.5. The van der Waals surface area contributed by atoms with E-state index >= 15 is 0 Å². The van der Waals surface area contributed by atoms with E-state index in [0.717, 1.165) is 11.1 Å². The zero-order valence-corrected chi connectivity index (χ0v) is 8.77. The maximum Gasteiger partial charge on any atom is 0.215 e. The first-order valence-electron chi connectivity index (χ1n) is 4.89. The lowest BCUT2D eigenvalue weighted by Gasteiger charge is -2.09. The molecule has 2 atom stereocenters. The summed E-state index contributed by atoms with van der Waals surface area (Å²) in [5.41, 5.74) is 8.31. The highest BCUT2D eigenvalue weighted by atomic mass is 16.4. The number of aryl methyl sites for hydroxylation is 1. The Hall–Kier alpha value is -1.39. The fraction of sp³-hybridized carbons (Fsp3) is 0.364. The lowest BCUT2D eigenvalue weighted by molar-refractivity contribution is 0.152.